The van der Waals surface area contributed by atoms with E-state index < -0.39 is 34.9 Å². The van der Waals surface area contributed by atoms with Crippen LogP contribution in [0.15, 0.2) is 11.6 Å². The maximum atomic E-state index is 13.3. The van der Waals surface area contributed by atoms with E-state index in [9.17, 15) is 19.5 Å². The van der Waals surface area contributed by atoms with Crippen molar-refractivity contribution in [2.24, 2.45) is 56.7 Å². The number of nitrogens with zero attached hydrogens (tertiary/aromatic N) is 1. The highest BCUT2D eigenvalue weighted by molar-refractivity contribution is 5.73. The van der Waals surface area contributed by atoms with Crippen LogP contribution in [0.1, 0.15) is 107 Å². The van der Waals surface area contributed by atoms with Gasteiger partial charge in [-0.05, 0) is 104 Å². The van der Waals surface area contributed by atoms with Gasteiger partial charge >= 0.3 is 17.9 Å². The third-order valence-electron chi connectivity index (χ3n) is 15.2. The van der Waals surface area contributed by atoms with E-state index in [1.807, 2.05) is 0 Å². The third-order valence-corrected chi connectivity index (χ3v) is 15.2. The Morgan fingerprint density at radius 3 is 2.33 bits per heavy atom. The molecule has 5 fully saturated rings. The summed E-state index contributed by atoms with van der Waals surface area (Å²) in [5.74, 6) is -0.593. The summed E-state index contributed by atoms with van der Waals surface area (Å²) in [6.07, 6.45) is 8.57. The molecule has 2 aliphatic heterocycles. The molecule has 0 aromatic heterocycles. The van der Waals surface area contributed by atoms with E-state index in [4.69, 9.17) is 14.2 Å². The standard InChI is InChI=1S/C38H59NO7/c1-23(2)24(3)34(5)15-16-36(7)26-11-12-29-35(6)21-44-22-38(29,27(26)13-14-37(36,8)31(34)33(42)43)19-28(45-25(4)40)32(35)46-30(41)20-39-17-9-10-18-39/h13,23-24,26,28-29,31-32H,9-12,14-22H2,1-8H3,(H,42,43)/t24-,26+,28-,29+,31-,32+,34-,35+,36-,37+,38+/m1/s1. The zero-order valence-electron chi connectivity index (χ0n) is 29.7. The lowest BCUT2D eigenvalue weighted by Gasteiger charge is -2.71. The molecule has 8 nitrogen and oxygen atoms in total. The molecule has 2 bridgehead atoms. The molecule has 1 N–H and O–H groups in total. The number of ether oxygens (including phenoxy) is 3. The van der Waals surface area contributed by atoms with Crippen LogP contribution in [0.3, 0.4) is 0 Å². The summed E-state index contributed by atoms with van der Waals surface area (Å²) in [6, 6.07) is 0. The molecule has 6 aliphatic rings. The van der Waals surface area contributed by atoms with Crippen LogP contribution in [0.2, 0.25) is 0 Å². The average molecular weight is 642 g/mol. The van der Waals surface area contributed by atoms with Gasteiger partial charge < -0.3 is 19.3 Å². The Labute approximate surface area is 276 Å². The van der Waals surface area contributed by atoms with E-state index in [0.717, 1.165) is 51.6 Å². The van der Waals surface area contributed by atoms with Gasteiger partial charge in [0.2, 0.25) is 0 Å². The van der Waals surface area contributed by atoms with Gasteiger partial charge in [0, 0.05) is 17.8 Å². The minimum atomic E-state index is -0.660. The monoisotopic (exact) mass is 641 g/mol. The summed E-state index contributed by atoms with van der Waals surface area (Å²) in [7, 11) is 0. The fraction of sp³-hybridized carbons (Fsp3) is 0.868. The summed E-state index contributed by atoms with van der Waals surface area (Å²) in [6.45, 7) is 20.3. The predicted molar refractivity (Wildman–Crippen MR) is 175 cm³/mol. The number of carboxylic acid groups (broad SMARTS) is 1. The summed E-state index contributed by atoms with van der Waals surface area (Å²) < 4.78 is 18.9. The summed E-state index contributed by atoms with van der Waals surface area (Å²) in [5, 5.41) is 11.0. The number of rotatable bonds is 7. The highest BCUT2D eigenvalue weighted by Crippen LogP contribution is 2.75. The normalized spacial score (nSPS) is 45.9. The fourth-order valence-corrected chi connectivity index (χ4v) is 12.4. The van der Waals surface area contributed by atoms with E-state index in [2.05, 4.69) is 59.4 Å². The number of carbonyl (C=O) groups excluding carboxylic acids is 2. The van der Waals surface area contributed by atoms with Crippen LogP contribution in [0.25, 0.3) is 0 Å². The van der Waals surface area contributed by atoms with Gasteiger partial charge in [0.1, 0.15) is 12.2 Å². The van der Waals surface area contributed by atoms with Crippen LogP contribution < -0.4 is 0 Å². The Hall–Kier alpha value is -1.93. The maximum absolute atomic E-state index is 13.3. The van der Waals surface area contributed by atoms with Gasteiger partial charge in [0.15, 0.2) is 0 Å². The highest BCUT2D eigenvalue weighted by atomic mass is 16.6. The minimum Gasteiger partial charge on any atom is -0.481 e. The lowest BCUT2D eigenvalue weighted by Crippen LogP contribution is -2.70. The van der Waals surface area contributed by atoms with E-state index >= 15 is 0 Å². The summed E-state index contributed by atoms with van der Waals surface area (Å²) in [4.78, 5) is 41.4. The van der Waals surface area contributed by atoms with Crippen molar-refractivity contribution in [3.05, 3.63) is 11.6 Å². The number of carbonyl (C=O) groups is 3. The van der Waals surface area contributed by atoms with Crippen molar-refractivity contribution in [2.75, 3.05) is 32.8 Å². The van der Waals surface area contributed by atoms with Crippen LogP contribution in [0.5, 0.6) is 0 Å². The number of hydrogen-bond donors (Lipinski definition) is 1. The first-order valence-corrected chi connectivity index (χ1v) is 18.1. The van der Waals surface area contributed by atoms with Crippen LogP contribution in [0, 0.1) is 56.7 Å². The van der Waals surface area contributed by atoms with Crippen molar-refractivity contribution >= 4 is 17.9 Å². The molecule has 258 valence electrons. The molecule has 0 spiro atoms. The molecule has 0 aromatic carbocycles. The summed E-state index contributed by atoms with van der Waals surface area (Å²) in [5.41, 5.74) is -0.352. The van der Waals surface area contributed by atoms with Gasteiger partial charge in [-0.25, -0.2) is 0 Å². The first-order chi connectivity index (χ1) is 21.5. The Morgan fingerprint density at radius 1 is 1.00 bits per heavy atom. The predicted octanol–water partition coefficient (Wildman–Crippen LogP) is 6.51. The molecule has 11 atom stereocenters. The molecule has 0 amide bonds. The second-order valence-electron chi connectivity index (χ2n) is 17.6. The smallest absolute Gasteiger partial charge is 0.320 e. The molecule has 0 aromatic rings. The largest absolute Gasteiger partial charge is 0.481 e. The van der Waals surface area contributed by atoms with Gasteiger partial charge in [-0.2, -0.15) is 0 Å². The number of likely N-dealkylation sites (tertiary alicyclic amines) is 1. The second-order valence-corrected chi connectivity index (χ2v) is 17.6. The molecule has 0 unspecified atom stereocenters. The van der Waals surface area contributed by atoms with Crippen molar-refractivity contribution < 1.29 is 33.7 Å². The first kappa shape index (κ1) is 34.0. The van der Waals surface area contributed by atoms with Gasteiger partial charge in [-0.1, -0.05) is 60.1 Å². The van der Waals surface area contributed by atoms with Crippen molar-refractivity contribution in [3.8, 4) is 0 Å². The average Bonchev–Trinajstić information content (AvgIpc) is 3.47. The van der Waals surface area contributed by atoms with E-state index in [-0.39, 0.29) is 52.5 Å². The molecule has 8 heteroatoms. The van der Waals surface area contributed by atoms with Gasteiger partial charge in [0.25, 0.3) is 0 Å². The topological polar surface area (TPSA) is 102 Å². The van der Waals surface area contributed by atoms with Crippen LogP contribution in [0.4, 0.5) is 0 Å². The Morgan fingerprint density at radius 2 is 1.70 bits per heavy atom. The molecule has 0 radical (unpaired) electrons. The number of hydrogen-bond acceptors (Lipinski definition) is 7. The van der Waals surface area contributed by atoms with E-state index in [1.165, 1.54) is 12.5 Å². The fourth-order valence-electron chi connectivity index (χ4n) is 12.4. The van der Waals surface area contributed by atoms with Crippen molar-refractivity contribution in [1.82, 2.24) is 4.90 Å². The van der Waals surface area contributed by atoms with Gasteiger partial charge in [-0.3, -0.25) is 19.3 Å². The molecule has 46 heavy (non-hydrogen) atoms. The molecule has 2 heterocycles. The number of carboxylic acids is 1. The molecule has 3 saturated carbocycles. The lowest BCUT2D eigenvalue weighted by molar-refractivity contribution is -0.263. The third kappa shape index (κ3) is 4.84. The van der Waals surface area contributed by atoms with Crippen LogP contribution in [-0.2, 0) is 28.6 Å². The van der Waals surface area contributed by atoms with Crippen molar-refractivity contribution in [1.29, 1.82) is 0 Å². The van der Waals surface area contributed by atoms with Crippen molar-refractivity contribution in [2.45, 2.75) is 119 Å². The lowest BCUT2D eigenvalue weighted by atomic mass is 9.34. The number of esters is 2. The van der Waals surface area contributed by atoms with Gasteiger partial charge in [-0.15, -0.1) is 0 Å². The van der Waals surface area contributed by atoms with Crippen molar-refractivity contribution in [3.63, 3.8) is 0 Å². The van der Waals surface area contributed by atoms with Crippen LogP contribution >= 0.6 is 0 Å². The number of fused-ring (bicyclic) bond motifs is 3. The molecule has 4 aliphatic carbocycles. The quantitative estimate of drug-likeness (QED) is 0.248. The molecular formula is C38H59NO7. The zero-order valence-corrected chi connectivity index (χ0v) is 29.7. The first-order valence-electron chi connectivity index (χ1n) is 18.1. The second kappa shape index (κ2) is 11.6. The maximum Gasteiger partial charge on any atom is 0.320 e. The van der Waals surface area contributed by atoms with E-state index in [0.29, 0.717) is 32.0 Å². The Kier molecular flexibility index (Phi) is 8.56. The van der Waals surface area contributed by atoms with Crippen LogP contribution in [-0.4, -0.2) is 73.0 Å². The minimum absolute atomic E-state index is 0.195. The SMILES string of the molecule is CC(=O)O[C@@H]1C[C@@]23COC[C@@](C)([C@@H]2CC[C@H]2C3=CC[C@@]3(C)[C@H](C(=O)O)[C@@](C)([C@H](C)C(C)C)CC[C@]23C)[C@H]1OC(=O)CN1CCCC1. The Balaban J connectivity index is 1.38. The van der Waals surface area contributed by atoms with Gasteiger partial charge in [0.05, 0.1) is 25.7 Å². The molecule has 2 saturated heterocycles. The summed E-state index contributed by atoms with van der Waals surface area (Å²) >= 11 is 0. The van der Waals surface area contributed by atoms with E-state index in [1.54, 1.807) is 0 Å². The molecule has 6 rings (SSSR count). The number of allylic oxidation sites excluding steroid dienone is 1. The highest BCUT2D eigenvalue weighted by Gasteiger charge is 2.72. The zero-order chi connectivity index (χ0) is 33.4. The Bertz CT molecular complexity index is 1270. The molecular weight excluding hydrogens is 582 g/mol. The number of aliphatic carboxylic acids is 1.